The van der Waals surface area contributed by atoms with Crippen LogP contribution in [0.1, 0.15) is 49.7 Å². The molecule has 1 aliphatic carbocycles. The molecule has 2 heteroatoms. The number of carbonyl (C=O) groups excluding carboxylic acids is 1. The molecule has 1 aliphatic heterocycles. The zero-order valence-electron chi connectivity index (χ0n) is 11.8. The summed E-state index contributed by atoms with van der Waals surface area (Å²) in [4.78, 5) is 14.9. The fourth-order valence-corrected chi connectivity index (χ4v) is 3.64. The zero-order valence-corrected chi connectivity index (χ0v) is 11.8. The Kier molecular flexibility index (Phi) is 3.58. The van der Waals surface area contributed by atoms with Gasteiger partial charge in [-0.05, 0) is 43.7 Å². The molecule has 0 radical (unpaired) electrons. The minimum absolute atomic E-state index is 0.277. The molecule has 0 saturated heterocycles. The second kappa shape index (κ2) is 5.36. The summed E-state index contributed by atoms with van der Waals surface area (Å²) in [6.45, 7) is 3.04. The Morgan fingerprint density at radius 3 is 2.74 bits per heavy atom. The maximum absolute atomic E-state index is 12.8. The molecule has 1 heterocycles. The van der Waals surface area contributed by atoms with Crippen molar-refractivity contribution < 1.29 is 4.79 Å². The minimum atomic E-state index is 0.277. The van der Waals surface area contributed by atoms with Gasteiger partial charge in [0.1, 0.15) is 0 Å². The van der Waals surface area contributed by atoms with E-state index < -0.39 is 0 Å². The maximum Gasteiger partial charge on any atom is 0.230 e. The average Bonchev–Trinajstić information content (AvgIpc) is 2.47. The number of hydrogen-bond acceptors (Lipinski definition) is 1. The summed E-state index contributed by atoms with van der Waals surface area (Å²) in [5, 5.41) is 0. The highest BCUT2D eigenvalue weighted by atomic mass is 16.2. The zero-order chi connectivity index (χ0) is 13.2. The van der Waals surface area contributed by atoms with Gasteiger partial charge in [-0.15, -0.1) is 0 Å². The highest BCUT2D eigenvalue weighted by Gasteiger charge is 2.30. The molecule has 0 unspecified atom stereocenters. The quantitative estimate of drug-likeness (QED) is 0.748. The Balaban J connectivity index is 1.88. The van der Waals surface area contributed by atoms with E-state index in [9.17, 15) is 4.79 Å². The second-order valence-electron chi connectivity index (χ2n) is 6.01. The summed E-state index contributed by atoms with van der Waals surface area (Å²) in [7, 11) is 0. The van der Waals surface area contributed by atoms with Crippen molar-refractivity contribution in [3.63, 3.8) is 0 Å². The monoisotopic (exact) mass is 257 g/mol. The number of carbonyl (C=O) groups is 1. The van der Waals surface area contributed by atoms with Gasteiger partial charge in [0.25, 0.3) is 0 Å². The summed E-state index contributed by atoms with van der Waals surface area (Å²) in [5.41, 5.74) is 3.82. The van der Waals surface area contributed by atoms with Crippen molar-refractivity contribution >= 4 is 11.6 Å². The number of nitrogens with zero attached hydrogens (tertiary/aromatic N) is 1. The summed E-state index contributed by atoms with van der Waals surface area (Å²) >= 11 is 0. The van der Waals surface area contributed by atoms with Crippen LogP contribution in [0.2, 0.25) is 0 Å². The number of anilines is 1. The van der Waals surface area contributed by atoms with Crippen molar-refractivity contribution in [2.24, 2.45) is 5.92 Å². The number of para-hydroxylation sites is 1. The Hall–Kier alpha value is -1.31. The van der Waals surface area contributed by atoms with E-state index in [1.807, 2.05) is 0 Å². The number of hydrogen-bond donors (Lipinski definition) is 0. The summed E-state index contributed by atoms with van der Waals surface area (Å²) < 4.78 is 0. The van der Waals surface area contributed by atoms with E-state index in [1.165, 1.54) is 36.1 Å². The first kappa shape index (κ1) is 12.7. The van der Waals surface area contributed by atoms with Crippen molar-refractivity contribution in [2.45, 2.75) is 51.9 Å². The fourth-order valence-electron chi connectivity index (χ4n) is 3.64. The van der Waals surface area contributed by atoms with Crippen LogP contribution in [0.5, 0.6) is 0 Å². The van der Waals surface area contributed by atoms with E-state index >= 15 is 0 Å². The van der Waals surface area contributed by atoms with Gasteiger partial charge in [-0.25, -0.2) is 0 Å². The molecule has 2 aliphatic rings. The molecule has 2 nitrogen and oxygen atoms in total. The van der Waals surface area contributed by atoms with Crippen molar-refractivity contribution in [1.29, 1.82) is 0 Å². The van der Waals surface area contributed by atoms with Crippen LogP contribution in [0.4, 0.5) is 5.69 Å². The van der Waals surface area contributed by atoms with Gasteiger partial charge in [-0.1, -0.05) is 37.5 Å². The van der Waals surface area contributed by atoms with E-state index in [0.717, 1.165) is 32.2 Å². The number of amides is 1. The molecule has 1 aromatic rings. The van der Waals surface area contributed by atoms with Crippen LogP contribution in [0, 0.1) is 12.8 Å². The molecule has 0 aromatic heterocycles. The molecule has 1 aromatic carbocycles. The SMILES string of the molecule is Cc1cccc2c1N(C(=O)C1CCCCC1)CCC2. The molecule has 102 valence electrons. The minimum Gasteiger partial charge on any atom is -0.312 e. The number of benzene rings is 1. The van der Waals surface area contributed by atoms with Gasteiger partial charge in [-0.2, -0.15) is 0 Å². The lowest BCUT2D eigenvalue weighted by Gasteiger charge is -2.34. The number of rotatable bonds is 1. The standard InChI is InChI=1S/C17H23NO/c1-13-7-5-10-14-11-6-12-18(16(13)14)17(19)15-8-3-2-4-9-15/h5,7,10,15H,2-4,6,8-9,11-12H2,1H3. The third-order valence-corrected chi connectivity index (χ3v) is 4.64. The van der Waals surface area contributed by atoms with Gasteiger partial charge >= 0.3 is 0 Å². The summed E-state index contributed by atoms with van der Waals surface area (Å²) in [5.74, 6) is 0.661. The Morgan fingerprint density at radius 1 is 1.16 bits per heavy atom. The van der Waals surface area contributed by atoms with Crippen LogP contribution in [0.25, 0.3) is 0 Å². The van der Waals surface area contributed by atoms with Gasteiger partial charge in [0.15, 0.2) is 0 Å². The van der Waals surface area contributed by atoms with Crippen LogP contribution in [0.15, 0.2) is 18.2 Å². The van der Waals surface area contributed by atoms with Gasteiger partial charge in [0.05, 0.1) is 0 Å². The molecule has 0 N–H and O–H groups in total. The van der Waals surface area contributed by atoms with E-state index in [0.29, 0.717) is 5.91 Å². The molecule has 3 rings (SSSR count). The summed E-state index contributed by atoms with van der Waals surface area (Å²) in [6.07, 6.45) is 8.17. The predicted molar refractivity (Wildman–Crippen MR) is 78.4 cm³/mol. The first-order chi connectivity index (χ1) is 9.27. The predicted octanol–water partition coefficient (Wildman–Crippen LogP) is 3.85. The lowest BCUT2D eigenvalue weighted by atomic mass is 9.87. The first-order valence-corrected chi connectivity index (χ1v) is 7.67. The molecule has 1 fully saturated rings. The van der Waals surface area contributed by atoms with E-state index in [1.54, 1.807) is 0 Å². The van der Waals surface area contributed by atoms with Crippen LogP contribution in [-0.2, 0) is 11.2 Å². The Bertz CT molecular complexity index is 474. The van der Waals surface area contributed by atoms with Gasteiger partial charge in [-0.3, -0.25) is 4.79 Å². The average molecular weight is 257 g/mol. The molecular formula is C17H23NO. The third-order valence-electron chi connectivity index (χ3n) is 4.64. The second-order valence-corrected chi connectivity index (χ2v) is 6.01. The van der Waals surface area contributed by atoms with Crippen LogP contribution in [-0.4, -0.2) is 12.5 Å². The molecule has 19 heavy (non-hydrogen) atoms. The molecule has 0 atom stereocenters. The third kappa shape index (κ3) is 2.41. The first-order valence-electron chi connectivity index (χ1n) is 7.67. The smallest absolute Gasteiger partial charge is 0.230 e. The molecule has 1 saturated carbocycles. The summed E-state index contributed by atoms with van der Waals surface area (Å²) in [6, 6.07) is 6.43. The van der Waals surface area contributed by atoms with E-state index in [4.69, 9.17) is 0 Å². The highest BCUT2D eigenvalue weighted by molar-refractivity contribution is 5.97. The molecule has 0 bridgehead atoms. The number of fused-ring (bicyclic) bond motifs is 1. The Labute approximate surface area is 115 Å². The van der Waals surface area contributed by atoms with Gasteiger partial charge < -0.3 is 4.90 Å². The van der Waals surface area contributed by atoms with Crippen molar-refractivity contribution in [2.75, 3.05) is 11.4 Å². The van der Waals surface area contributed by atoms with Crippen molar-refractivity contribution in [3.8, 4) is 0 Å². The Morgan fingerprint density at radius 2 is 1.95 bits per heavy atom. The van der Waals surface area contributed by atoms with E-state index in [-0.39, 0.29) is 5.92 Å². The molecular weight excluding hydrogens is 234 g/mol. The number of aryl methyl sites for hydroxylation is 2. The van der Waals surface area contributed by atoms with Gasteiger partial charge in [0, 0.05) is 18.2 Å². The fraction of sp³-hybridized carbons (Fsp3) is 0.588. The van der Waals surface area contributed by atoms with Crippen molar-refractivity contribution in [3.05, 3.63) is 29.3 Å². The van der Waals surface area contributed by atoms with Crippen LogP contribution in [0.3, 0.4) is 0 Å². The lowest BCUT2D eigenvalue weighted by molar-refractivity contribution is -0.123. The topological polar surface area (TPSA) is 20.3 Å². The molecule has 0 spiro atoms. The van der Waals surface area contributed by atoms with Crippen LogP contribution >= 0.6 is 0 Å². The van der Waals surface area contributed by atoms with Crippen LogP contribution < -0.4 is 4.90 Å². The largest absolute Gasteiger partial charge is 0.312 e. The van der Waals surface area contributed by atoms with Crippen molar-refractivity contribution in [1.82, 2.24) is 0 Å². The van der Waals surface area contributed by atoms with E-state index in [2.05, 4.69) is 30.0 Å². The normalized spacial score (nSPS) is 20.2. The maximum atomic E-state index is 12.8. The lowest BCUT2D eigenvalue weighted by Crippen LogP contribution is -2.40. The highest BCUT2D eigenvalue weighted by Crippen LogP contribution is 2.34. The molecule has 1 amide bonds. The van der Waals surface area contributed by atoms with Gasteiger partial charge in [0.2, 0.25) is 5.91 Å².